The van der Waals surface area contributed by atoms with Gasteiger partial charge in [-0.3, -0.25) is 0 Å². The number of hydrogen-bond acceptors (Lipinski definition) is 2. The van der Waals surface area contributed by atoms with E-state index in [9.17, 15) is 0 Å². The Bertz CT molecular complexity index is 48.3. The van der Waals surface area contributed by atoms with E-state index < -0.39 is 0 Å². The first-order chi connectivity index (χ1) is 3.77. The molecule has 0 atom stereocenters. The molecule has 0 saturated carbocycles. The zero-order valence-corrected chi connectivity index (χ0v) is 5.56. The van der Waals surface area contributed by atoms with Crippen LogP contribution in [0.1, 0.15) is 32.6 Å². The predicted octanol–water partition coefficient (Wildman–Crippen LogP) is 0.162. The molecule has 0 saturated heterocycles. The van der Waals surface area contributed by atoms with Gasteiger partial charge in [0.2, 0.25) is 0 Å². The molecule has 2 nitrogen and oxygen atoms in total. The molecule has 9 heavy (non-hydrogen) atoms. The van der Waals surface area contributed by atoms with Crippen LogP contribution in [0.3, 0.4) is 0 Å². The zero-order chi connectivity index (χ0) is 6.41. The van der Waals surface area contributed by atoms with E-state index in [4.69, 9.17) is 11.5 Å². The Kier molecular flexibility index (Phi) is 12.5. The second-order valence-corrected chi connectivity index (χ2v) is 2.16. The van der Waals surface area contributed by atoms with Crippen LogP contribution in [-0.4, -0.2) is 35.7 Å². The first kappa shape index (κ1) is 12.6. The second kappa shape index (κ2) is 8.92. The predicted molar refractivity (Wildman–Crippen MR) is 43.5 cm³/mol. The molecule has 0 aromatic rings. The van der Waals surface area contributed by atoms with E-state index in [0.29, 0.717) is 0 Å². The number of unbranched alkanes of at least 4 members (excludes halogenated alkanes) is 2. The van der Waals surface area contributed by atoms with Gasteiger partial charge in [-0.15, -0.1) is 0 Å². The van der Waals surface area contributed by atoms with Crippen molar-refractivity contribution in [2.75, 3.05) is 0 Å². The minimum absolute atomic E-state index is 0. The van der Waals surface area contributed by atoms with Crippen molar-refractivity contribution >= 4 is 29.6 Å². The van der Waals surface area contributed by atoms with Crippen molar-refractivity contribution in [3.63, 3.8) is 0 Å². The molecular formula is C6H17N2Na. The second-order valence-electron chi connectivity index (χ2n) is 2.16. The molecule has 0 aliphatic rings. The molecule has 4 N–H and O–H groups in total. The van der Waals surface area contributed by atoms with Crippen LogP contribution in [0.5, 0.6) is 0 Å². The van der Waals surface area contributed by atoms with Gasteiger partial charge in [0.05, 0.1) is 6.17 Å². The normalized spacial score (nSPS) is 9.33. The summed E-state index contributed by atoms with van der Waals surface area (Å²) >= 11 is 0. The van der Waals surface area contributed by atoms with E-state index in [1.807, 2.05) is 0 Å². The summed E-state index contributed by atoms with van der Waals surface area (Å²) in [7, 11) is 0. The molecule has 0 heterocycles. The Morgan fingerprint density at radius 3 is 2.11 bits per heavy atom. The van der Waals surface area contributed by atoms with Crippen LogP contribution >= 0.6 is 0 Å². The molecule has 0 radical (unpaired) electrons. The summed E-state index contributed by atoms with van der Waals surface area (Å²) < 4.78 is 0. The maximum atomic E-state index is 5.31. The summed E-state index contributed by atoms with van der Waals surface area (Å²) in [6.45, 7) is 2.17. The quantitative estimate of drug-likeness (QED) is 0.332. The third-order valence-electron chi connectivity index (χ3n) is 1.14. The summed E-state index contributed by atoms with van der Waals surface area (Å²) in [5, 5.41) is 0. The summed E-state index contributed by atoms with van der Waals surface area (Å²) in [5.74, 6) is 0. The van der Waals surface area contributed by atoms with Crippen LogP contribution in [0.25, 0.3) is 0 Å². The van der Waals surface area contributed by atoms with E-state index in [1.54, 1.807) is 0 Å². The molecular weight excluding hydrogens is 123 g/mol. The van der Waals surface area contributed by atoms with Crippen molar-refractivity contribution in [3.05, 3.63) is 0 Å². The van der Waals surface area contributed by atoms with Gasteiger partial charge in [0, 0.05) is 0 Å². The number of rotatable bonds is 4. The molecule has 0 aliphatic heterocycles. The minimum atomic E-state index is -0.0958. The van der Waals surface area contributed by atoms with Crippen LogP contribution < -0.4 is 11.5 Å². The summed E-state index contributed by atoms with van der Waals surface area (Å²) in [4.78, 5) is 0. The topological polar surface area (TPSA) is 52.0 Å². The third-order valence-corrected chi connectivity index (χ3v) is 1.14. The van der Waals surface area contributed by atoms with Gasteiger partial charge in [-0.05, 0) is 6.42 Å². The molecule has 0 rings (SSSR count). The van der Waals surface area contributed by atoms with Crippen molar-refractivity contribution in [2.45, 2.75) is 38.8 Å². The van der Waals surface area contributed by atoms with E-state index in [1.165, 1.54) is 19.3 Å². The molecule has 0 unspecified atom stereocenters. The summed E-state index contributed by atoms with van der Waals surface area (Å²) in [6, 6.07) is 0. The Hall–Kier alpha value is 0.920. The molecule has 0 amide bonds. The van der Waals surface area contributed by atoms with Gasteiger partial charge in [-0.2, -0.15) is 0 Å². The van der Waals surface area contributed by atoms with Gasteiger partial charge >= 0.3 is 29.6 Å². The molecule has 0 aliphatic carbocycles. The fraction of sp³-hybridized carbons (Fsp3) is 1.00. The Labute approximate surface area is 79.7 Å². The third kappa shape index (κ3) is 12.2. The van der Waals surface area contributed by atoms with Crippen molar-refractivity contribution < 1.29 is 0 Å². The molecule has 3 heteroatoms. The van der Waals surface area contributed by atoms with Crippen LogP contribution in [0.2, 0.25) is 0 Å². The van der Waals surface area contributed by atoms with Crippen LogP contribution in [0.15, 0.2) is 0 Å². The average Bonchev–Trinajstić information content (AvgIpc) is 1.66. The molecule has 0 bridgehead atoms. The van der Waals surface area contributed by atoms with Crippen LogP contribution in [-0.2, 0) is 0 Å². The monoisotopic (exact) mass is 140 g/mol. The molecule has 0 aromatic heterocycles. The van der Waals surface area contributed by atoms with Crippen LogP contribution in [0, 0.1) is 0 Å². The van der Waals surface area contributed by atoms with Gasteiger partial charge in [0.15, 0.2) is 0 Å². The van der Waals surface area contributed by atoms with E-state index in [-0.39, 0.29) is 35.7 Å². The first-order valence-electron chi connectivity index (χ1n) is 3.28. The summed E-state index contributed by atoms with van der Waals surface area (Å²) in [5.41, 5.74) is 10.6. The standard InChI is InChI=1S/C6H16N2.Na.H/c1-2-3-4-5-6(7)8;;/h6H,2-5,7-8H2,1H3;;. The maximum absolute atomic E-state index is 5.31. The van der Waals surface area contributed by atoms with Gasteiger partial charge in [0.25, 0.3) is 0 Å². The Balaban J connectivity index is 0. The van der Waals surface area contributed by atoms with E-state index in [2.05, 4.69) is 6.92 Å². The first-order valence-corrected chi connectivity index (χ1v) is 3.28. The van der Waals surface area contributed by atoms with Crippen LogP contribution in [0.4, 0.5) is 0 Å². The van der Waals surface area contributed by atoms with Crippen molar-refractivity contribution in [2.24, 2.45) is 11.5 Å². The number of hydrogen-bond donors (Lipinski definition) is 2. The molecule has 0 aromatic carbocycles. The molecule has 52 valence electrons. The Morgan fingerprint density at radius 2 is 1.78 bits per heavy atom. The van der Waals surface area contributed by atoms with Crippen molar-refractivity contribution in [1.82, 2.24) is 0 Å². The molecule has 0 fully saturated rings. The van der Waals surface area contributed by atoms with Gasteiger partial charge in [0.1, 0.15) is 0 Å². The van der Waals surface area contributed by atoms with Gasteiger partial charge in [-0.1, -0.05) is 26.2 Å². The fourth-order valence-corrected chi connectivity index (χ4v) is 0.630. The SMILES string of the molecule is CCCCCC(N)N.[NaH]. The number of nitrogens with two attached hydrogens (primary N) is 2. The van der Waals surface area contributed by atoms with E-state index >= 15 is 0 Å². The average molecular weight is 140 g/mol. The fourth-order valence-electron chi connectivity index (χ4n) is 0.630. The van der Waals surface area contributed by atoms with Gasteiger partial charge in [-0.25, -0.2) is 0 Å². The van der Waals surface area contributed by atoms with Crippen molar-refractivity contribution in [1.29, 1.82) is 0 Å². The van der Waals surface area contributed by atoms with Gasteiger partial charge < -0.3 is 11.5 Å². The van der Waals surface area contributed by atoms with E-state index in [0.717, 1.165) is 6.42 Å². The molecule has 0 spiro atoms. The Morgan fingerprint density at radius 1 is 1.22 bits per heavy atom. The van der Waals surface area contributed by atoms with Crippen molar-refractivity contribution in [3.8, 4) is 0 Å². The zero-order valence-electron chi connectivity index (χ0n) is 5.56. The summed E-state index contributed by atoms with van der Waals surface area (Å²) in [6.07, 6.45) is 4.54.